The maximum atomic E-state index is 14.6. The number of anilines is 1. The largest absolute Gasteiger partial charge is 0.329 e. The lowest BCUT2D eigenvalue weighted by Crippen LogP contribution is -1.93. The highest BCUT2D eigenvalue weighted by Crippen LogP contribution is 2.38. The molecule has 5 nitrogen and oxygen atoms in total. The summed E-state index contributed by atoms with van der Waals surface area (Å²) in [6.07, 6.45) is 9.97. The van der Waals surface area contributed by atoms with Crippen LogP contribution < -0.4 is 4.72 Å². The smallest absolute Gasteiger partial charge is 0.133 e. The third-order valence-corrected chi connectivity index (χ3v) is 7.07. The van der Waals surface area contributed by atoms with Crippen LogP contribution in [-0.2, 0) is 7.05 Å². The Hall–Kier alpha value is -3.65. The van der Waals surface area contributed by atoms with Crippen LogP contribution >= 0.6 is 11.9 Å². The number of nitrogens with one attached hydrogen (secondary N) is 1. The first-order valence-corrected chi connectivity index (χ1v) is 11.9. The number of pyridine rings is 1. The molecule has 0 aliphatic heterocycles. The average Bonchev–Trinajstić information content (AvgIpc) is 3.40. The molecule has 0 atom stereocenters. The van der Waals surface area contributed by atoms with Gasteiger partial charge in [0.05, 0.1) is 17.9 Å². The minimum absolute atomic E-state index is 0.359. The zero-order chi connectivity index (χ0) is 23.2. The number of nitrogens with zero attached hydrogens (tertiary/aromatic N) is 4. The topological polar surface area (TPSA) is 47.2 Å². The predicted octanol–water partition coefficient (Wildman–Crippen LogP) is 6.57. The molecule has 0 unspecified atom stereocenters. The maximum Gasteiger partial charge on any atom is 0.133 e. The Morgan fingerprint density at radius 2 is 1.68 bits per heavy atom. The van der Waals surface area contributed by atoms with Crippen molar-refractivity contribution in [3.8, 4) is 33.4 Å². The van der Waals surface area contributed by atoms with Crippen molar-refractivity contribution >= 4 is 23.2 Å². The van der Waals surface area contributed by atoms with Crippen molar-refractivity contribution in [1.82, 2.24) is 19.4 Å². The van der Waals surface area contributed by atoms with E-state index in [2.05, 4.69) is 14.9 Å². The van der Waals surface area contributed by atoms with Gasteiger partial charge in [-0.2, -0.15) is 10.2 Å². The van der Waals surface area contributed by atoms with Crippen molar-refractivity contribution in [1.29, 1.82) is 0 Å². The first kappa shape index (κ1) is 20.9. The van der Waals surface area contributed by atoms with Gasteiger partial charge in [0.25, 0.3) is 0 Å². The Labute approximate surface area is 199 Å². The highest BCUT2D eigenvalue weighted by Gasteiger charge is 2.22. The van der Waals surface area contributed by atoms with Crippen LogP contribution in [0.25, 0.3) is 38.9 Å². The van der Waals surface area contributed by atoms with Gasteiger partial charge in [0.15, 0.2) is 0 Å². The van der Waals surface area contributed by atoms with Crippen molar-refractivity contribution in [3.05, 3.63) is 85.0 Å². The molecule has 3 heterocycles. The van der Waals surface area contributed by atoms with E-state index in [4.69, 9.17) is 0 Å². The summed E-state index contributed by atoms with van der Waals surface area (Å²) in [5.74, 6) is -1.17. The lowest BCUT2D eigenvalue weighted by atomic mass is 9.98. The number of rotatable bonds is 6. The van der Waals surface area contributed by atoms with Gasteiger partial charge in [-0.1, -0.05) is 6.07 Å². The number of aromatic nitrogens is 4. The molecule has 170 valence electrons. The summed E-state index contributed by atoms with van der Waals surface area (Å²) in [6, 6.07) is 13.6. The van der Waals surface area contributed by atoms with E-state index < -0.39 is 11.6 Å². The zero-order valence-corrected chi connectivity index (χ0v) is 19.2. The normalized spacial score (nSPS) is 13.5. The molecular weight excluding hydrogens is 452 g/mol. The van der Waals surface area contributed by atoms with Gasteiger partial charge in [-0.3, -0.25) is 4.68 Å². The van der Waals surface area contributed by atoms with E-state index in [1.807, 2.05) is 66.7 Å². The molecule has 0 bridgehead atoms. The minimum Gasteiger partial charge on any atom is -0.329 e. The van der Waals surface area contributed by atoms with Crippen LogP contribution in [0, 0.1) is 11.6 Å². The van der Waals surface area contributed by atoms with E-state index in [-0.39, 0.29) is 0 Å². The van der Waals surface area contributed by atoms with E-state index in [0.29, 0.717) is 16.4 Å². The van der Waals surface area contributed by atoms with Crippen molar-refractivity contribution in [3.63, 3.8) is 0 Å². The van der Waals surface area contributed by atoms with Gasteiger partial charge in [-0.15, -0.1) is 0 Å². The van der Waals surface area contributed by atoms with Crippen LogP contribution in [0.15, 0.2) is 73.3 Å². The van der Waals surface area contributed by atoms with Crippen LogP contribution in [0.4, 0.5) is 14.5 Å². The molecule has 5 aromatic rings. The molecule has 1 fully saturated rings. The number of benzene rings is 2. The lowest BCUT2D eigenvalue weighted by Gasteiger charge is -2.12. The fraction of sp³-hybridized carbons (Fsp3) is 0.154. The number of halogens is 2. The molecule has 0 saturated heterocycles. The average molecular weight is 474 g/mol. The Bertz CT molecular complexity index is 1520. The van der Waals surface area contributed by atoms with Gasteiger partial charge in [0.2, 0.25) is 0 Å². The van der Waals surface area contributed by atoms with Crippen LogP contribution in [0.5, 0.6) is 0 Å². The molecule has 8 heteroatoms. The molecule has 3 aromatic heterocycles. The molecule has 0 spiro atoms. The zero-order valence-electron chi connectivity index (χ0n) is 18.4. The van der Waals surface area contributed by atoms with E-state index >= 15 is 0 Å². The molecule has 1 aliphatic rings. The van der Waals surface area contributed by atoms with Gasteiger partial charge < -0.3 is 4.72 Å². The van der Waals surface area contributed by atoms with Gasteiger partial charge >= 0.3 is 0 Å². The van der Waals surface area contributed by atoms with Gasteiger partial charge in [-0.05, 0) is 72.3 Å². The summed E-state index contributed by atoms with van der Waals surface area (Å²) < 4.78 is 35.2. The van der Waals surface area contributed by atoms with Crippen molar-refractivity contribution in [2.75, 3.05) is 4.72 Å². The molecule has 0 radical (unpaired) electrons. The second-order valence-corrected chi connectivity index (χ2v) is 9.66. The Morgan fingerprint density at radius 3 is 2.41 bits per heavy atom. The van der Waals surface area contributed by atoms with Crippen molar-refractivity contribution < 1.29 is 8.78 Å². The maximum absolute atomic E-state index is 14.6. The SMILES string of the molecule is Cn1cc(-c2ccc3c(-c4cc(NSC5CC5)cc(-c5ccc(F)cc5F)c4)cnn3c2)cn1. The second-order valence-electron chi connectivity index (χ2n) is 8.55. The lowest BCUT2D eigenvalue weighted by molar-refractivity contribution is 0.585. The number of hydrogen-bond donors (Lipinski definition) is 1. The first-order chi connectivity index (χ1) is 16.5. The molecule has 6 rings (SSSR count). The molecule has 34 heavy (non-hydrogen) atoms. The number of hydrogen-bond acceptors (Lipinski definition) is 4. The summed E-state index contributed by atoms with van der Waals surface area (Å²) in [6.45, 7) is 0. The fourth-order valence-electron chi connectivity index (χ4n) is 4.01. The van der Waals surface area contributed by atoms with E-state index in [1.54, 1.807) is 16.6 Å². The first-order valence-electron chi connectivity index (χ1n) is 11.0. The van der Waals surface area contributed by atoms with Gasteiger partial charge in [0, 0.05) is 58.7 Å². The standard InChI is InChI=1S/C26H21F2N5S/c1-32-14-19(12-29-32)16-2-7-26-24(13-30-33(26)15-16)18-8-17(23-6-3-20(27)11-25(23)28)9-21(10-18)31-34-22-4-5-22/h2-3,6-15,22,31H,4-5H2,1H3. The summed E-state index contributed by atoms with van der Waals surface area (Å²) in [5, 5.41) is 9.43. The monoisotopic (exact) mass is 473 g/mol. The highest BCUT2D eigenvalue weighted by molar-refractivity contribution is 8.01. The molecular formula is C26H21F2N5S. The summed E-state index contributed by atoms with van der Waals surface area (Å²) >= 11 is 1.68. The fourth-order valence-corrected chi connectivity index (χ4v) is 4.80. The molecule has 0 amide bonds. The van der Waals surface area contributed by atoms with Crippen LogP contribution in [0.1, 0.15) is 12.8 Å². The van der Waals surface area contributed by atoms with E-state index in [9.17, 15) is 8.78 Å². The van der Waals surface area contributed by atoms with Gasteiger partial charge in [-0.25, -0.2) is 13.3 Å². The van der Waals surface area contributed by atoms with Crippen LogP contribution in [0.2, 0.25) is 0 Å². The molecule has 1 N–H and O–H groups in total. The van der Waals surface area contributed by atoms with E-state index in [1.165, 1.54) is 25.0 Å². The highest BCUT2D eigenvalue weighted by atomic mass is 32.2. The Morgan fingerprint density at radius 1 is 0.853 bits per heavy atom. The Kier molecular flexibility index (Phi) is 5.10. The third-order valence-electron chi connectivity index (χ3n) is 5.91. The van der Waals surface area contributed by atoms with Crippen molar-refractivity contribution in [2.45, 2.75) is 18.1 Å². The Balaban J connectivity index is 1.44. The van der Waals surface area contributed by atoms with E-state index in [0.717, 1.165) is 39.5 Å². The predicted molar refractivity (Wildman–Crippen MR) is 132 cm³/mol. The molecule has 1 aliphatic carbocycles. The third kappa shape index (κ3) is 4.05. The van der Waals surface area contributed by atoms with Crippen LogP contribution in [-0.4, -0.2) is 24.6 Å². The minimum atomic E-state index is -0.591. The molecule has 2 aromatic carbocycles. The summed E-state index contributed by atoms with van der Waals surface area (Å²) in [4.78, 5) is 0. The second kappa shape index (κ2) is 8.29. The van der Waals surface area contributed by atoms with Crippen LogP contribution in [0.3, 0.4) is 0 Å². The summed E-state index contributed by atoms with van der Waals surface area (Å²) in [5.41, 5.74) is 6.72. The quantitative estimate of drug-likeness (QED) is 0.283. The van der Waals surface area contributed by atoms with Gasteiger partial charge in [0.1, 0.15) is 11.6 Å². The number of aryl methyl sites for hydroxylation is 1. The molecule has 1 saturated carbocycles. The summed E-state index contributed by atoms with van der Waals surface area (Å²) in [7, 11) is 1.89. The van der Waals surface area contributed by atoms with Crippen molar-refractivity contribution in [2.24, 2.45) is 7.05 Å². The number of fused-ring (bicyclic) bond motifs is 1.